The Morgan fingerprint density at radius 3 is 2.78 bits per heavy atom. The van der Waals surface area contributed by atoms with Crippen LogP contribution in [-0.2, 0) is 0 Å². The first-order chi connectivity index (χ1) is 8.58. The third kappa shape index (κ3) is 2.56. The molecule has 0 fully saturated rings. The van der Waals surface area contributed by atoms with E-state index in [2.05, 4.69) is 33.7 Å². The Labute approximate surface area is 106 Å². The molecule has 5 nitrogen and oxygen atoms in total. The molecule has 5 heteroatoms. The molecule has 0 saturated heterocycles. The van der Waals surface area contributed by atoms with E-state index in [1.807, 2.05) is 26.0 Å². The van der Waals surface area contributed by atoms with Gasteiger partial charge in [-0.2, -0.15) is 15.4 Å². The number of aromatic nitrogens is 3. The molecule has 0 radical (unpaired) electrons. The molecule has 0 bridgehead atoms. The average Bonchev–Trinajstić information content (AvgIpc) is 2.81. The summed E-state index contributed by atoms with van der Waals surface area (Å²) in [6.45, 7) is 6.05. The number of nitrogens with zero attached hydrogens (tertiary/aromatic N) is 2. The normalized spacial score (nSPS) is 12.2. The molecule has 0 aliphatic carbocycles. The van der Waals surface area contributed by atoms with Crippen LogP contribution in [0, 0.1) is 13.8 Å². The maximum atomic E-state index is 11.8. The van der Waals surface area contributed by atoms with Gasteiger partial charge in [-0.15, -0.1) is 0 Å². The summed E-state index contributed by atoms with van der Waals surface area (Å²) in [5, 5.41) is 12.7. The van der Waals surface area contributed by atoms with Gasteiger partial charge in [0.15, 0.2) is 5.69 Å². The lowest BCUT2D eigenvalue weighted by Gasteiger charge is -2.16. The molecule has 1 unspecified atom stereocenters. The average molecular weight is 244 g/mol. The van der Waals surface area contributed by atoms with Gasteiger partial charge in [-0.05, 0) is 31.9 Å². The van der Waals surface area contributed by atoms with Crippen molar-refractivity contribution in [2.24, 2.45) is 0 Å². The van der Waals surface area contributed by atoms with E-state index >= 15 is 0 Å². The van der Waals surface area contributed by atoms with E-state index in [9.17, 15) is 4.79 Å². The van der Waals surface area contributed by atoms with Crippen LogP contribution in [0.25, 0.3) is 0 Å². The van der Waals surface area contributed by atoms with Gasteiger partial charge in [-0.25, -0.2) is 0 Å². The van der Waals surface area contributed by atoms with E-state index in [4.69, 9.17) is 0 Å². The van der Waals surface area contributed by atoms with Crippen molar-refractivity contribution in [1.29, 1.82) is 0 Å². The highest BCUT2D eigenvalue weighted by Crippen LogP contribution is 2.18. The number of H-pyrrole nitrogens is 1. The smallest absolute Gasteiger partial charge is 0.273 e. The van der Waals surface area contributed by atoms with E-state index in [0.717, 1.165) is 5.56 Å². The van der Waals surface area contributed by atoms with Crippen LogP contribution in [0.2, 0.25) is 0 Å². The number of hydrogen-bond acceptors (Lipinski definition) is 3. The monoisotopic (exact) mass is 244 g/mol. The molecule has 2 aromatic rings. The second-order valence-corrected chi connectivity index (χ2v) is 4.41. The van der Waals surface area contributed by atoms with Crippen molar-refractivity contribution in [3.63, 3.8) is 0 Å². The van der Waals surface area contributed by atoms with E-state index in [0.29, 0.717) is 5.69 Å². The van der Waals surface area contributed by atoms with Crippen molar-refractivity contribution < 1.29 is 4.79 Å². The minimum absolute atomic E-state index is 0.0604. The lowest BCUT2D eigenvalue weighted by Crippen LogP contribution is -2.27. The number of carbonyl (C=O) groups is 1. The van der Waals surface area contributed by atoms with Crippen molar-refractivity contribution in [2.45, 2.75) is 26.8 Å². The predicted molar refractivity (Wildman–Crippen MR) is 68.2 cm³/mol. The zero-order valence-electron chi connectivity index (χ0n) is 10.7. The van der Waals surface area contributed by atoms with Gasteiger partial charge in [-0.1, -0.05) is 23.8 Å². The molecule has 94 valence electrons. The molecule has 0 saturated carbocycles. The fraction of sp³-hybridized carbons (Fsp3) is 0.308. The number of nitrogens with one attached hydrogen (secondary N) is 2. The number of aryl methyl sites for hydroxylation is 2. The van der Waals surface area contributed by atoms with Crippen LogP contribution in [0.3, 0.4) is 0 Å². The van der Waals surface area contributed by atoms with Gasteiger partial charge in [0, 0.05) is 0 Å². The maximum Gasteiger partial charge on any atom is 0.273 e. The van der Waals surface area contributed by atoms with E-state index in [1.54, 1.807) is 0 Å². The standard InChI is InChI=1S/C13H16N4O/c1-8-4-5-11(9(2)6-8)10(3)15-13(18)12-7-14-17-16-12/h4-7,10H,1-3H3,(H,15,18)(H,14,16,17). The molecule has 2 rings (SSSR count). The molecule has 0 aliphatic heterocycles. The third-order valence-corrected chi connectivity index (χ3v) is 2.89. The van der Waals surface area contributed by atoms with Crippen molar-refractivity contribution in [3.05, 3.63) is 46.8 Å². The maximum absolute atomic E-state index is 11.8. The second-order valence-electron chi connectivity index (χ2n) is 4.41. The molecule has 0 aliphatic rings. The molecule has 2 N–H and O–H groups in total. The summed E-state index contributed by atoms with van der Waals surface area (Å²) in [5.74, 6) is -0.226. The van der Waals surface area contributed by atoms with Crippen molar-refractivity contribution >= 4 is 5.91 Å². The zero-order valence-corrected chi connectivity index (χ0v) is 10.7. The van der Waals surface area contributed by atoms with Crippen LogP contribution >= 0.6 is 0 Å². The van der Waals surface area contributed by atoms with Crippen molar-refractivity contribution in [2.75, 3.05) is 0 Å². The van der Waals surface area contributed by atoms with Crippen molar-refractivity contribution in [3.8, 4) is 0 Å². The summed E-state index contributed by atoms with van der Waals surface area (Å²) >= 11 is 0. The highest BCUT2D eigenvalue weighted by atomic mass is 16.2. The molecular formula is C13H16N4O. The number of benzene rings is 1. The Balaban J connectivity index is 2.12. The first kappa shape index (κ1) is 12.3. The van der Waals surface area contributed by atoms with Crippen LogP contribution in [0.4, 0.5) is 0 Å². The summed E-state index contributed by atoms with van der Waals surface area (Å²) in [5.41, 5.74) is 3.79. The molecule has 1 heterocycles. The fourth-order valence-corrected chi connectivity index (χ4v) is 1.97. The molecule has 1 atom stereocenters. The fourth-order valence-electron chi connectivity index (χ4n) is 1.97. The summed E-state index contributed by atoms with van der Waals surface area (Å²) < 4.78 is 0. The first-order valence-electron chi connectivity index (χ1n) is 5.81. The number of rotatable bonds is 3. The Morgan fingerprint density at radius 1 is 1.39 bits per heavy atom. The number of carbonyl (C=O) groups excluding carboxylic acids is 1. The largest absolute Gasteiger partial charge is 0.344 e. The van der Waals surface area contributed by atoms with Gasteiger partial charge >= 0.3 is 0 Å². The van der Waals surface area contributed by atoms with Crippen LogP contribution in [0.5, 0.6) is 0 Å². The van der Waals surface area contributed by atoms with Crippen LogP contribution in [0.15, 0.2) is 24.4 Å². The minimum Gasteiger partial charge on any atom is -0.344 e. The Morgan fingerprint density at radius 2 is 2.17 bits per heavy atom. The molecule has 1 aromatic heterocycles. The van der Waals surface area contributed by atoms with Gasteiger partial charge < -0.3 is 5.32 Å². The SMILES string of the molecule is Cc1ccc(C(C)NC(=O)c2cn[nH]n2)c(C)c1. The van der Waals surface area contributed by atoms with Gasteiger partial charge in [0.1, 0.15) is 0 Å². The zero-order chi connectivity index (χ0) is 13.1. The quantitative estimate of drug-likeness (QED) is 0.866. The second kappa shape index (κ2) is 5.00. The number of amides is 1. The van der Waals surface area contributed by atoms with Crippen LogP contribution in [0.1, 0.15) is 40.1 Å². The molecule has 1 amide bonds. The first-order valence-corrected chi connectivity index (χ1v) is 5.81. The molecular weight excluding hydrogens is 228 g/mol. The highest BCUT2D eigenvalue weighted by Gasteiger charge is 2.14. The molecule has 1 aromatic carbocycles. The van der Waals surface area contributed by atoms with E-state index in [-0.39, 0.29) is 11.9 Å². The molecule has 0 spiro atoms. The number of hydrogen-bond donors (Lipinski definition) is 2. The van der Waals surface area contributed by atoms with Gasteiger partial charge in [0.2, 0.25) is 0 Å². The topological polar surface area (TPSA) is 70.7 Å². The predicted octanol–water partition coefficient (Wildman–Crippen LogP) is 1.91. The lowest BCUT2D eigenvalue weighted by molar-refractivity contribution is 0.0934. The summed E-state index contributed by atoms with van der Waals surface area (Å²) in [6, 6.07) is 6.13. The van der Waals surface area contributed by atoms with Crippen molar-refractivity contribution in [1.82, 2.24) is 20.7 Å². The lowest BCUT2D eigenvalue weighted by atomic mass is 10.0. The van der Waals surface area contributed by atoms with Gasteiger partial charge in [0.25, 0.3) is 5.91 Å². The Bertz CT molecular complexity index is 548. The van der Waals surface area contributed by atoms with Gasteiger partial charge in [-0.3, -0.25) is 4.79 Å². The summed E-state index contributed by atoms with van der Waals surface area (Å²) in [4.78, 5) is 11.8. The third-order valence-electron chi connectivity index (χ3n) is 2.89. The summed E-state index contributed by atoms with van der Waals surface area (Å²) in [7, 11) is 0. The number of aromatic amines is 1. The molecule has 18 heavy (non-hydrogen) atoms. The van der Waals surface area contributed by atoms with E-state index < -0.39 is 0 Å². The van der Waals surface area contributed by atoms with Crippen LogP contribution < -0.4 is 5.32 Å². The minimum atomic E-state index is -0.226. The summed E-state index contributed by atoms with van der Waals surface area (Å²) in [6.07, 6.45) is 1.41. The Hall–Kier alpha value is -2.17. The van der Waals surface area contributed by atoms with Crippen LogP contribution in [-0.4, -0.2) is 21.3 Å². The highest BCUT2D eigenvalue weighted by molar-refractivity contribution is 5.92. The van der Waals surface area contributed by atoms with Gasteiger partial charge in [0.05, 0.1) is 12.2 Å². The van der Waals surface area contributed by atoms with E-state index in [1.165, 1.54) is 17.3 Å². The Kier molecular flexibility index (Phi) is 3.41.